The summed E-state index contributed by atoms with van der Waals surface area (Å²) in [6.45, 7) is 5.65. The number of piperidine rings is 1. The summed E-state index contributed by atoms with van der Waals surface area (Å²) in [6, 6.07) is 9.43. The minimum Gasteiger partial charge on any atom is -0.316 e. The first-order valence-electron chi connectivity index (χ1n) is 7.35. The minimum atomic E-state index is 0.754. The maximum absolute atomic E-state index is 3.60. The molecule has 2 heteroatoms. The van der Waals surface area contributed by atoms with Gasteiger partial charge in [-0.1, -0.05) is 30.7 Å². The molecule has 1 aromatic carbocycles. The van der Waals surface area contributed by atoms with Crippen molar-refractivity contribution in [2.75, 3.05) is 19.6 Å². The fourth-order valence-corrected chi connectivity index (χ4v) is 2.69. The number of benzene rings is 1. The number of hydrogen-bond donors (Lipinski definition) is 2. The molecule has 0 saturated carbocycles. The SMILES string of the molecule is Cc1ccccc1CCNCCC1CCCCN1. The quantitative estimate of drug-likeness (QED) is 0.754. The molecule has 1 unspecified atom stereocenters. The summed E-state index contributed by atoms with van der Waals surface area (Å²) in [4.78, 5) is 0. The molecule has 0 radical (unpaired) electrons. The third kappa shape index (κ3) is 4.43. The van der Waals surface area contributed by atoms with Crippen molar-refractivity contribution >= 4 is 0 Å². The molecule has 0 amide bonds. The smallest absolute Gasteiger partial charge is 0.00791 e. The van der Waals surface area contributed by atoms with Crippen LogP contribution in [-0.4, -0.2) is 25.7 Å². The van der Waals surface area contributed by atoms with Gasteiger partial charge in [-0.05, 0) is 63.4 Å². The Morgan fingerprint density at radius 1 is 1.22 bits per heavy atom. The van der Waals surface area contributed by atoms with Crippen LogP contribution in [0.25, 0.3) is 0 Å². The van der Waals surface area contributed by atoms with E-state index in [0.29, 0.717) is 0 Å². The van der Waals surface area contributed by atoms with Crippen LogP contribution in [0.15, 0.2) is 24.3 Å². The van der Waals surface area contributed by atoms with E-state index in [1.165, 1.54) is 43.4 Å². The van der Waals surface area contributed by atoms with Crippen LogP contribution in [-0.2, 0) is 6.42 Å². The van der Waals surface area contributed by atoms with Crippen molar-refractivity contribution < 1.29 is 0 Å². The van der Waals surface area contributed by atoms with E-state index in [4.69, 9.17) is 0 Å². The predicted octanol–water partition coefficient (Wildman–Crippen LogP) is 2.66. The first kappa shape index (κ1) is 13.6. The molecule has 0 spiro atoms. The number of nitrogens with one attached hydrogen (secondary N) is 2. The van der Waals surface area contributed by atoms with Gasteiger partial charge in [0.2, 0.25) is 0 Å². The topological polar surface area (TPSA) is 24.1 Å². The second-order valence-corrected chi connectivity index (χ2v) is 5.36. The van der Waals surface area contributed by atoms with Crippen molar-refractivity contribution in [3.63, 3.8) is 0 Å². The van der Waals surface area contributed by atoms with E-state index in [0.717, 1.165) is 25.6 Å². The molecule has 1 aliphatic heterocycles. The van der Waals surface area contributed by atoms with Crippen molar-refractivity contribution in [1.82, 2.24) is 10.6 Å². The van der Waals surface area contributed by atoms with Crippen molar-refractivity contribution in [3.8, 4) is 0 Å². The van der Waals surface area contributed by atoms with E-state index in [2.05, 4.69) is 41.8 Å². The van der Waals surface area contributed by atoms with E-state index < -0.39 is 0 Å². The largest absolute Gasteiger partial charge is 0.316 e. The lowest BCUT2D eigenvalue weighted by Crippen LogP contribution is -2.36. The van der Waals surface area contributed by atoms with Crippen molar-refractivity contribution in [2.24, 2.45) is 0 Å². The Morgan fingerprint density at radius 3 is 2.89 bits per heavy atom. The molecule has 1 aromatic rings. The summed E-state index contributed by atoms with van der Waals surface area (Å²) in [7, 11) is 0. The number of aryl methyl sites for hydroxylation is 1. The molecule has 2 nitrogen and oxygen atoms in total. The summed E-state index contributed by atoms with van der Waals surface area (Å²) in [5, 5.41) is 7.17. The molecule has 1 saturated heterocycles. The summed E-state index contributed by atoms with van der Waals surface area (Å²) >= 11 is 0. The van der Waals surface area contributed by atoms with Gasteiger partial charge in [0.25, 0.3) is 0 Å². The van der Waals surface area contributed by atoms with Crippen LogP contribution in [0.4, 0.5) is 0 Å². The lowest BCUT2D eigenvalue weighted by atomic mass is 10.0. The molecule has 1 aliphatic rings. The standard InChI is InChI=1S/C16H26N2/c1-14-6-2-3-7-15(14)9-12-17-13-10-16-8-4-5-11-18-16/h2-3,6-7,16-18H,4-5,8-13H2,1H3. The van der Waals surface area contributed by atoms with Crippen LogP contribution in [0.3, 0.4) is 0 Å². The van der Waals surface area contributed by atoms with Crippen LogP contribution < -0.4 is 10.6 Å². The van der Waals surface area contributed by atoms with Crippen LogP contribution in [0.2, 0.25) is 0 Å². The van der Waals surface area contributed by atoms with Crippen LogP contribution >= 0.6 is 0 Å². The maximum atomic E-state index is 3.60. The first-order valence-corrected chi connectivity index (χ1v) is 7.35. The molecule has 0 aromatic heterocycles. The van der Waals surface area contributed by atoms with Crippen LogP contribution in [0.5, 0.6) is 0 Å². The highest BCUT2D eigenvalue weighted by atomic mass is 14.9. The molecule has 0 bridgehead atoms. The van der Waals surface area contributed by atoms with Gasteiger partial charge >= 0.3 is 0 Å². The highest BCUT2D eigenvalue weighted by molar-refractivity contribution is 5.25. The average molecular weight is 246 g/mol. The van der Waals surface area contributed by atoms with E-state index in [1.807, 2.05) is 0 Å². The zero-order valence-corrected chi connectivity index (χ0v) is 11.5. The molecule has 2 rings (SSSR count). The molecule has 1 atom stereocenters. The Hall–Kier alpha value is -0.860. The average Bonchev–Trinajstić information content (AvgIpc) is 2.42. The maximum Gasteiger partial charge on any atom is 0.00791 e. The van der Waals surface area contributed by atoms with Crippen LogP contribution in [0.1, 0.15) is 36.8 Å². The molecule has 100 valence electrons. The van der Waals surface area contributed by atoms with Crippen molar-refractivity contribution in [2.45, 2.75) is 45.1 Å². The lowest BCUT2D eigenvalue weighted by Gasteiger charge is -2.23. The lowest BCUT2D eigenvalue weighted by molar-refractivity contribution is 0.377. The van der Waals surface area contributed by atoms with Gasteiger partial charge in [0, 0.05) is 6.04 Å². The molecular formula is C16H26N2. The molecular weight excluding hydrogens is 220 g/mol. The Balaban J connectivity index is 1.57. The summed E-state index contributed by atoms with van der Waals surface area (Å²) < 4.78 is 0. The molecule has 18 heavy (non-hydrogen) atoms. The predicted molar refractivity (Wildman–Crippen MR) is 78.0 cm³/mol. The first-order chi connectivity index (χ1) is 8.86. The van der Waals surface area contributed by atoms with Gasteiger partial charge in [-0.2, -0.15) is 0 Å². The number of rotatable bonds is 6. The Labute approximate surface area is 111 Å². The summed E-state index contributed by atoms with van der Waals surface area (Å²) in [6.07, 6.45) is 6.54. The van der Waals surface area contributed by atoms with Gasteiger partial charge < -0.3 is 10.6 Å². The van der Waals surface area contributed by atoms with Gasteiger partial charge in [-0.3, -0.25) is 0 Å². The second kappa shape index (κ2) is 7.55. The monoisotopic (exact) mass is 246 g/mol. The third-order valence-corrected chi connectivity index (χ3v) is 3.91. The minimum absolute atomic E-state index is 0.754. The zero-order chi connectivity index (χ0) is 12.6. The van der Waals surface area contributed by atoms with E-state index in [-0.39, 0.29) is 0 Å². The third-order valence-electron chi connectivity index (χ3n) is 3.91. The molecule has 2 N–H and O–H groups in total. The zero-order valence-electron chi connectivity index (χ0n) is 11.5. The highest BCUT2D eigenvalue weighted by Gasteiger charge is 2.11. The van der Waals surface area contributed by atoms with Crippen LogP contribution in [0, 0.1) is 6.92 Å². The summed E-state index contributed by atoms with van der Waals surface area (Å²) in [5.74, 6) is 0. The second-order valence-electron chi connectivity index (χ2n) is 5.36. The van der Waals surface area contributed by atoms with Gasteiger partial charge in [-0.25, -0.2) is 0 Å². The summed E-state index contributed by atoms with van der Waals surface area (Å²) in [5.41, 5.74) is 2.88. The highest BCUT2D eigenvalue weighted by Crippen LogP contribution is 2.09. The fraction of sp³-hybridized carbons (Fsp3) is 0.625. The van der Waals surface area contributed by atoms with Gasteiger partial charge in [0.1, 0.15) is 0 Å². The van der Waals surface area contributed by atoms with Crippen molar-refractivity contribution in [3.05, 3.63) is 35.4 Å². The van der Waals surface area contributed by atoms with E-state index >= 15 is 0 Å². The van der Waals surface area contributed by atoms with E-state index in [1.54, 1.807) is 0 Å². The van der Waals surface area contributed by atoms with Gasteiger partial charge in [0.05, 0.1) is 0 Å². The Kier molecular flexibility index (Phi) is 5.69. The Morgan fingerprint density at radius 2 is 2.11 bits per heavy atom. The number of hydrogen-bond acceptors (Lipinski definition) is 2. The fourth-order valence-electron chi connectivity index (χ4n) is 2.69. The molecule has 1 heterocycles. The molecule has 1 fully saturated rings. The van der Waals surface area contributed by atoms with Gasteiger partial charge in [-0.15, -0.1) is 0 Å². The Bertz CT molecular complexity index is 343. The molecule has 0 aliphatic carbocycles. The normalized spacial score (nSPS) is 19.9. The van der Waals surface area contributed by atoms with Crippen molar-refractivity contribution in [1.29, 1.82) is 0 Å². The van der Waals surface area contributed by atoms with E-state index in [9.17, 15) is 0 Å². The van der Waals surface area contributed by atoms with Gasteiger partial charge in [0.15, 0.2) is 0 Å².